The van der Waals surface area contributed by atoms with E-state index in [1.54, 1.807) is 14.2 Å². The van der Waals surface area contributed by atoms with Crippen LogP contribution >= 0.6 is 0 Å². The number of ether oxygens (including phenoxy) is 2. The molecular formula is C14H22O2. The second kappa shape index (κ2) is 4.77. The molecule has 0 bridgehead atoms. The van der Waals surface area contributed by atoms with E-state index in [-0.39, 0.29) is 0 Å². The van der Waals surface area contributed by atoms with Gasteiger partial charge in [0.05, 0.1) is 14.2 Å². The van der Waals surface area contributed by atoms with Crippen LogP contribution in [0.25, 0.3) is 0 Å². The lowest BCUT2D eigenvalue weighted by atomic mass is 9.89. The molecule has 2 heteroatoms. The van der Waals surface area contributed by atoms with Crippen molar-refractivity contribution in [3.63, 3.8) is 0 Å². The molecule has 90 valence electrons. The van der Waals surface area contributed by atoms with Crippen LogP contribution in [0.2, 0.25) is 0 Å². The molecule has 16 heavy (non-hydrogen) atoms. The van der Waals surface area contributed by atoms with Gasteiger partial charge in [-0.25, -0.2) is 0 Å². The Balaban J connectivity index is 3.62. The third-order valence-electron chi connectivity index (χ3n) is 3.24. The van der Waals surface area contributed by atoms with Crippen molar-refractivity contribution in [2.45, 2.75) is 40.5 Å². The van der Waals surface area contributed by atoms with E-state index in [2.05, 4.69) is 34.6 Å². The number of hydrogen-bond donors (Lipinski definition) is 0. The minimum atomic E-state index is 0.499. The van der Waals surface area contributed by atoms with Gasteiger partial charge in [-0.1, -0.05) is 13.8 Å². The van der Waals surface area contributed by atoms with E-state index in [0.29, 0.717) is 5.92 Å². The zero-order valence-corrected chi connectivity index (χ0v) is 11.4. The lowest BCUT2D eigenvalue weighted by Crippen LogP contribution is -2.04. The maximum Gasteiger partial charge on any atom is 0.164 e. The summed E-state index contributed by atoms with van der Waals surface area (Å²) in [6, 6.07) is 0. The maximum absolute atomic E-state index is 5.47. The molecule has 0 saturated carbocycles. The van der Waals surface area contributed by atoms with Crippen molar-refractivity contribution >= 4 is 0 Å². The Kier molecular flexibility index (Phi) is 3.84. The first kappa shape index (κ1) is 12.9. The number of rotatable bonds is 3. The maximum atomic E-state index is 5.47. The lowest BCUT2D eigenvalue weighted by Gasteiger charge is -2.22. The van der Waals surface area contributed by atoms with Crippen molar-refractivity contribution in [3.05, 3.63) is 22.3 Å². The molecule has 1 rings (SSSR count). The summed E-state index contributed by atoms with van der Waals surface area (Å²) in [6.07, 6.45) is 0. The fraction of sp³-hybridized carbons (Fsp3) is 0.571. The predicted molar refractivity (Wildman–Crippen MR) is 67.8 cm³/mol. The highest BCUT2D eigenvalue weighted by Gasteiger charge is 2.19. The Morgan fingerprint density at radius 2 is 1.19 bits per heavy atom. The minimum Gasteiger partial charge on any atom is -0.493 e. The van der Waals surface area contributed by atoms with Gasteiger partial charge in [-0.2, -0.15) is 0 Å². The fourth-order valence-corrected chi connectivity index (χ4v) is 2.47. The normalized spacial score (nSPS) is 10.8. The summed E-state index contributed by atoms with van der Waals surface area (Å²) in [6.45, 7) is 10.8. The average Bonchev–Trinajstić information content (AvgIpc) is 2.22. The molecule has 0 aliphatic heterocycles. The second-order valence-corrected chi connectivity index (χ2v) is 4.51. The average molecular weight is 222 g/mol. The summed E-state index contributed by atoms with van der Waals surface area (Å²) >= 11 is 0. The van der Waals surface area contributed by atoms with Crippen LogP contribution in [0.5, 0.6) is 11.5 Å². The zero-order chi connectivity index (χ0) is 12.5. The van der Waals surface area contributed by atoms with Crippen LogP contribution in [0.3, 0.4) is 0 Å². The molecule has 2 nitrogen and oxygen atoms in total. The van der Waals surface area contributed by atoms with E-state index in [9.17, 15) is 0 Å². The van der Waals surface area contributed by atoms with Gasteiger partial charge in [-0.3, -0.25) is 0 Å². The van der Waals surface area contributed by atoms with Gasteiger partial charge >= 0.3 is 0 Å². The van der Waals surface area contributed by atoms with Crippen molar-refractivity contribution in [3.8, 4) is 11.5 Å². The van der Waals surface area contributed by atoms with Gasteiger partial charge in [0.15, 0.2) is 11.5 Å². The number of methoxy groups -OCH3 is 2. The number of hydrogen-bond acceptors (Lipinski definition) is 2. The van der Waals surface area contributed by atoms with Crippen LogP contribution in [0.4, 0.5) is 0 Å². The lowest BCUT2D eigenvalue weighted by molar-refractivity contribution is 0.349. The van der Waals surface area contributed by atoms with Gasteiger partial charge in [0, 0.05) is 0 Å². The van der Waals surface area contributed by atoms with Gasteiger partial charge in [-0.15, -0.1) is 0 Å². The summed E-state index contributed by atoms with van der Waals surface area (Å²) in [4.78, 5) is 0. The van der Waals surface area contributed by atoms with E-state index < -0.39 is 0 Å². The fourth-order valence-electron chi connectivity index (χ4n) is 2.47. The third-order valence-corrected chi connectivity index (χ3v) is 3.24. The molecule has 0 spiro atoms. The monoisotopic (exact) mass is 222 g/mol. The molecule has 0 amide bonds. The van der Waals surface area contributed by atoms with Crippen LogP contribution in [-0.4, -0.2) is 14.2 Å². The Hall–Kier alpha value is -1.18. The smallest absolute Gasteiger partial charge is 0.164 e. The van der Waals surface area contributed by atoms with Crippen LogP contribution in [0, 0.1) is 20.8 Å². The molecular weight excluding hydrogens is 200 g/mol. The molecule has 0 aliphatic rings. The highest BCUT2D eigenvalue weighted by molar-refractivity contribution is 5.59. The zero-order valence-electron chi connectivity index (χ0n) is 11.4. The van der Waals surface area contributed by atoms with E-state index in [4.69, 9.17) is 9.47 Å². The quantitative estimate of drug-likeness (QED) is 0.775. The minimum absolute atomic E-state index is 0.499. The van der Waals surface area contributed by atoms with E-state index in [0.717, 1.165) is 11.5 Å². The van der Waals surface area contributed by atoms with Crippen molar-refractivity contribution in [1.29, 1.82) is 0 Å². The molecule has 0 N–H and O–H groups in total. The van der Waals surface area contributed by atoms with Gasteiger partial charge in [0.25, 0.3) is 0 Å². The van der Waals surface area contributed by atoms with Gasteiger partial charge in [0.2, 0.25) is 0 Å². The molecule has 0 radical (unpaired) electrons. The van der Waals surface area contributed by atoms with Crippen LogP contribution in [0.15, 0.2) is 0 Å². The van der Waals surface area contributed by atoms with Crippen LogP contribution < -0.4 is 9.47 Å². The van der Waals surface area contributed by atoms with Gasteiger partial charge in [0.1, 0.15) is 0 Å². The summed E-state index contributed by atoms with van der Waals surface area (Å²) in [5.74, 6) is 2.23. The van der Waals surface area contributed by atoms with Gasteiger partial charge in [-0.05, 0) is 48.9 Å². The van der Waals surface area contributed by atoms with E-state index in [1.807, 2.05) is 0 Å². The highest BCUT2D eigenvalue weighted by Crippen LogP contribution is 2.41. The van der Waals surface area contributed by atoms with Crippen LogP contribution in [-0.2, 0) is 0 Å². The van der Waals surface area contributed by atoms with Crippen molar-refractivity contribution in [2.24, 2.45) is 0 Å². The first-order valence-electron chi connectivity index (χ1n) is 5.67. The van der Waals surface area contributed by atoms with Crippen molar-refractivity contribution < 1.29 is 9.47 Å². The SMILES string of the molecule is COc1c(C)c(C)c(C(C)C)c(C)c1OC. The molecule has 0 saturated heterocycles. The van der Waals surface area contributed by atoms with E-state index >= 15 is 0 Å². The summed E-state index contributed by atoms with van der Waals surface area (Å²) in [5.41, 5.74) is 5.05. The summed E-state index contributed by atoms with van der Waals surface area (Å²) < 4.78 is 10.9. The first-order chi connectivity index (χ1) is 7.45. The molecule has 0 heterocycles. The Labute approximate surface area is 98.6 Å². The highest BCUT2D eigenvalue weighted by atomic mass is 16.5. The predicted octanol–water partition coefficient (Wildman–Crippen LogP) is 3.75. The Morgan fingerprint density at radius 1 is 0.750 bits per heavy atom. The summed E-state index contributed by atoms with van der Waals surface area (Å²) in [5, 5.41) is 0. The topological polar surface area (TPSA) is 18.5 Å². The molecule has 1 aromatic carbocycles. The van der Waals surface area contributed by atoms with E-state index in [1.165, 1.54) is 22.3 Å². The molecule has 0 unspecified atom stereocenters. The second-order valence-electron chi connectivity index (χ2n) is 4.51. The number of benzene rings is 1. The van der Waals surface area contributed by atoms with Crippen molar-refractivity contribution in [2.75, 3.05) is 14.2 Å². The molecule has 0 atom stereocenters. The third kappa shape index (κ3) is 1.89. The molecule has 1 aromatic rings. The Bertz CT molecular complexity index is 392. The molecule has 0 aliphatic carbocycles. The van der Waals surface area contributed by atoms with Crippen LogP contribution in [0.1, 0.15) is 42.0 Å². The molecule has 0 aromatic heterocycles. The van der Waals surface area contributed by atoms with Crippen molar-refractivity contribution in [1.82, 2.24) is 0 Å². The largest absolute Gasteiger partial charge is 0.493 e. The molecule has 0 fully saturated rings. The standard InChI is InChI=1S/C14H22O2/c1-8(2)12-9(3)10(4)13(15-6)14(16-7)11(12)5/h8H,1-7H3. The summed E-state index contributed by atoms with van der Waals surface area (Å²) in [7, 11) is 3.39. The van der Waals surface area contributed by atoms with Gasteiger partial charge < -0.3 is 9.47 Å². The first-order valence-corrected chi connectivity index (χ1v) is 5.67. The Morgan fingerprint density at radius 3 is 1.56 bits per heavy atom.